The van der Waals surface area contributed by atoms with Crippen LogP contribution in [0.4, 0.5) is 0 Å². The summed E-state index contributed by atoms with van der Waals surface area (Å²) in [5.41, 5.74) is 2.37. The maximum absolute atomic E-state index is 11.2. The van der Waals surface area contributed by atoms with Crippen LogP contribution in [-0.4, -0.2) is 5.91 Å². The van der Waals surface area contributed by atoms with Crippen molar-refractivity contribution in [2.24, 2.45) is 5.84 Å². The predicted molar refractivity (Wildman–Crippen MR) is 73.8 cm³/mol. The van der Waals surface area contributed by atoms with E-state index >= 15 is 0 Å². The standard InChI is InChI=1S/C12H10BrClN2O3/c13-10-4-8(14)1-2-11(10)19-6-9-3-7(5-18-9)12(17)16-15/h1-5H,6,15H2,(H,16,17). The maximum atomic E-state index is 11.2. The highest BCUT2D eigenvalue weighted by molar-refractivity contribution is 9.10. The van der Waals surface area contributed by atoms with Crippen LogP contribution in [0, 0.1) is 0 Å². The van der Waals surface area contributed by atoms with Crippen molar-refractivity contribution in [3.63, 3.8) is 0 Å². The first-order valence-corrected chi connectivity index (χ1v) is 6.43. The lowest BCUT2D eigenvalue weighted by Gasteiger charge is -2.06. The Hall–Kier alpha value is -1.50. The van der Waals surface area contributed by atoms with Crippen molar-refractivity contribution in [1.29, 1.82) is 0 Å². The number of amides is 1. The summed E-state index contributed by atoms with van der Waals surface area (Å²) in [5, 5.41) is 0.610. The van der Waals surface area contributed by atoms with Crippen LogP contribution >= 0.6 is 27.5 Å². The van der Waals surface area contributed by atoms with Gasteiger partial charge in [-0.05, 0) is 40.2 Å². The molecule has 1 aromatic heterocycles. The molecule has 0 saturated carbocycles. The Morgan fingerprint density at radius 2 is 2.26 bits per heavy atom. The summed E-state index contributed by atoms with van der Waals surface area (Å²) in [4.78, 5) is 11.2. The fraction of sp³-hybridized carbons (Fsp3) is 0.0833. The summed E-state index contributed by atoms with van der Waals surface area (Å²) in [5.74, 6) is 5.75. The Morgan fingerprint density at radius 1 is 1.47 bits per heavy atom. The van der Waals surface area contributed by atoms with E-state index in [4.69, 9.17) is 26.6 Å². The molecular weight excluding hydrogens is 335 g/mol. The van der Waals surface area contributed by atoms with Crippen LogP contribution in [0.2, 0.25) is 5.02 Å². The second-order valence-electron chi connectivity index (χ2n) is 3.64. The number of ether oxygens (including phenoxy) is 1. The number of carbonyl (C=O) groups excluding carboxylic acids is 1. The van der Waals surface area contributed by atoms with E-state index in [1.54, 1.807) is 24.3 Å². The molecule has 19 heavy (non-hydrogen) atoms. The molecule has 0 unspecified atom stereocenters. The van der Waals surface area contributed by atoms with Gasteiger partial charge in [-0.2, -0.15) is 0 Å². The molecule has 1 amide bonds. The Morgan fingerprint density at radius 3 is 2.95 bits per heavy atom. The number of hydrogen-bond acceptors (Lipinski definition) is 4. The van der Waals surface area contributed by atoms with Gasteiger partial charge in [-0.3, -0.25) is 10.2 Å². The van der Waals surface area contributed by atoms with Crippen LogP contribution in [0.3, 0.4) is 0 Å². The largest absolute Gasteiger partial charge is 0.484 e. The highest BCUT2D eigenvalue weighted by atomic mass is 79.9. The second-order valence-corrected chi connectivity index (χ2v) is 4.93. The molecule has 0 fully saturated rings. The van der Waals surface area contributed by atoms with Crippen LogP contribution in [-0.2, 0) is 6.61 Å². The molecule has 0 atom stereocenters. The van der Waals surface area contributed by atoms with Crippen LogP contribution in [0.15, 0.2) is 39.4 Å². The summed E-state index contributed by atoms with van der Waals surface area (Å²) >= 11 is 9.17. The number of rotatable bonds is 4. The van der Waals surface area contributed by atoms with Gasteiger partial charge in [0.1, 0.15) is 24.4 Å². The molecule has 5 nitrogen and oxygen atoms in total. The van der Waals surface area contributed by atoms with Crippen LogP contribution in [0.1, 0.15) is 16.1 Å². The first-order chi connectivity index (χ1) is 9.10. The number of nitrogens with two attached hydrogens (primary N) is 1. The van der Waals surface area contributed by atoms with Crippen LogP contribution in [0.25, 0.3) is 0 Å². The van der Waals surface area contributed by atoms with Crippen LogP contribution < -0.4 is 16.0 Å². The quantitative estimate of drug-likeness (QED) is 0.507. The highest BCUT2D eigenvalue weighted by Gasteiger charge is 2.10. The summed E-state index contributed by atoms with van der Waals surface area (Å²) in [6.45, 7) is 0.193. The molecule has 0 bridgehead atoms. The van der Waals surface area contributed by atoms with Gasteiger partial charge in [0.2, 0.25) is 0 Å². The molecule has 0 spiro atoms. The van der Waals surface area contributed by atoms with Gasteiger partial charge in [0.05, 0.1) is 10.0 Å². The van der Waals surface area contributed by atoms with E-state index in [9.17, 15) is 4.79 Å². The van der Waals surface area contributed by atoms with Crippen molar-refractivity contribution < 1.29 is 13.9 Å². The Kier molecular flexibility index (Phi) is 4.47. The second kappa shape index (κ2) is 6.10. The van der Waals surface area contributed by atoms with E-state index < -0.39 is 5.91 Å². The van der Waals surface area contributed by atoms with Gasteiger partial charge >= 0.3 is 0 Å². The molecule has 7 heteroatoms. The van der Waals surface area contributed by atoms with Gasteiger partial charge in [-0.15, -0.1) is 0 Å². The van der Waals surface area contributed by atoms with E-state index in [0.29, 0.717) is 22.1 Å². The summed E-state index contributed by atoms with van der Waals surface area (Å²) in [7, 11) is 0. The third-order valence-corrected chi connectivity index (χ3v) is 3.17. The zero-order valence-corrected chi connectivity index (χ0v) is 12.0. The van der Waals surface area contributed by atoms with Crippen molar-refractivity contribution >= 4 is 33.4 Å². The molecule has 0 saturated heterocycles. The first-order valence-electron chi connectivity index (χ1n) is 5.26. The lowest BCUT2D eigenvalue weighted by Crippen LogP contribution is -2.29. The number of carbonyl (C=O) groups is 1. The number of hydrogen-bond donors (Lipinski definition) is 2. The SMILES string of the molecule is NNC(=O)c1coc(COc2ccc(Cl)cc2Br)c1. The number of benzene rings is 1. The van der Waals surface area contributed by atoms with Gasteiger partial charge in [-0.25, -0.2) is 5.84 Å². The zero-order chi connectivity index (χ0) is 13.8. The van der Waals surface area contributed by atoms with Crippen molar-refractivity contribution in [3.05, 3.63) is 51.3 Å². The number of furan rings is 1. The lowest BCUT2D eigenvalue weighted by molar-refractivity contribution is 0.0953. The van der Waals surface area contributed by atoms with E-state index in [1.807, 2.05) is 5.43 Å². The number of nitrogen functional groups attached to an aromatic ring is 1. The first kappa shape index (κ1) is 13.9. The Labute approximate surface area is 122 Å². The molecule has 2 aromatic rings. The third-order valence-electron chi connectivity index (χ3n) is 2.31. The molecule has 0 aliphatic carbocycles. The van der Waals surface area contributed by atoms with Crippen molar-refractivity contribution in [2.45, 2.75) is 6.61 Å². The van der Waals surface area contributed by atoms with E-state index in [1.165, 1.54) is 6.26 Å². The van der Waals surface area contributed by atoms with Gasteiger partial charge in [0.15, 0.2) is 0 Å². The summed E-state index contributed by atoms with van der Waals surface area (Å²) in [6.07, 6.45) is 1.32. The minimum absolute atomic E-state index is 0.193. The zero-order valence-electron chi connectivity index (χ0n) is 9.65. The molecular formula is C12H10BrClN2O3. The molecule has 0 aliphatic heterocycles. The summed E-state index contributed by atoms with van der Waals surface area (Å²) < 4.78 is 11.5. The smallest absolute Gasteiger partial charge is 0.268 e. The Balaban J connectivity index is 2.02. The average Bonchev–Trinajstić information content (AvgIpc) is 2.85. The number of hydrazine groups is 1. The minimum Gasteiger partial charge on any atom is -0.484 e. The minimum atomic E-state index is -0.414. The molecule has 1 aromatic carbocycles. The summed E-state index contributed by atoms with van der Waals surface area (Å²) in [6, 6.07) is 6.75. The lowest BCUT2D eigenvalue weighted by atomic mass is 10.3. The average molecular weight is 346 g/mol. The fourth-order valence-electron chi connectivity index (χ4n) is 1.40. The van der Waals surface area contributed by atoms with Crippen molar-refractivity contribution in [1.82, 2.24) is 5.43 Å². The predicted octanol–water partition coefficient (Wildman–Crippen LogP) is 2.88. The van der Waals surface area contributed by atoms with Gasteiger partial charge < -0.3 is 9.15 Å². The topological polar surface area (TPSA) is 77.5 Å². The Bertz CT molecular complexity index is 600. The molecule has 100 valence electrons. The fourth-order valence-corrected chi connectivity index (χ4v) is 2.20. The van der Waals surface area contributed by atoms with Gasteiger partial charge in [0.25, 0.3) is 5.91 Å². The maximum Gasteiger partial charge on any atom is 0.268 e. The highest BCUT2D eigenvalue weighted by Crippen LogP contribution is 2.28. The molecule has 2 rings (SSSR count). The van der Waals surface area contributed by atoms with Crippen molar-refractivity contribution in [3.8, 4) is 5.75 Å². The van der Waals surface area contributed by atoms with Crippen molar-refractivity contribution in [2.75, 3.05) is 0 Å². The van der Waals surface area contributed by atoms with E-state index in [0.717, 1.165) is 4.47 Å². The van der Waals surface area contributed by atoms with Crippen LogP contribution in [0.5, 0.6) is 5.75 Å². The van der Waals surface area contributed by atoms with Gasteiger partial charge in [-0.1, -0.05) is 11.6 Å². The molecule has 1 heterocycles. The number of nitrogens with one attached hydrogen (secondary N) is 1. The monoisotopic (exact) mass is 344 g/mol. The van der Waals surface area contributed by atoms with E-state index in [2.05, 4.69) is 15.9 Å². The molecule has 3 N–H and O–H groups in total. The normalized spacial score (nSPS) is 10.3. The third kappa shape index (κ3) is 3.50. The molecule has 0 aliphatic rings. The number of halogens is 2. The molecule has 0 radical (unpaired) electrons. The van der Waals surface area contributed by atoms with E-state index in [-0.39, 0.29) is 6.61 Å². The van der Waals surface area contributed by atoms with Gasteiger partial charge in [0, 0.05) is 5.02 Å².